The molecule has 0 aliphatic carbocycles. The second-order valence-corrected chi connectivity index (χ2v) is 10.4. The molecule has 8 heteroatoms. The molecule has 7 rings (SSSR count). The van der Waals surface area contributed by atoms with Crippen molar-refractivity contribution in [2.75, 3.05) is 38.1 Å². The van der Waals surface area contributed by atoms with Crippen LogP contribution in [0.15, 0.2) is 60.7 Å². The highest BCUT2D eigenvalue weighted by atomic mass is 16.6. The van der Waals surface area contributed by atoms with Crippen LogP contribution in [-0.4, -0.2) is 63.4 Å². The maximum atomic E-state index is 13.3. The molecule has 4 bridgehead atoms. The van der Waals surface area contributed by atoms with E-state index in [4.69, 9.17) is 9.47 Å². The number of likely N-dealkylation sites (N-methyl/N-ethyl adjacent to an activating group) is 2. The predicted molar refractivity (Wildman–Crippen MR) is 148 cm³/mol. The van der Waals surface area contributed by atoms with Crippen molar-refractivity contribution in [1.82, 2.24) is 10.6 Å². The van der Waals surface area contributed by atoms with Crippen molar-refractivity contribution in [3.05, 3.63) is 71.8 Å². The van der Waals surface area contributed by atoms with Crippen molar-refractivity contribution in [3.63, 3.8) is 0 Å². The number of rotatable bonds is 2. The number of ether oxygens (including phenoxy) is 2. The van der Waals surface area contributed by atoms with E-state index in [1.165, 1.54) is 0 Å². The summed E-state index contributed by atoms with van der Waals surface area (Å²) < 4.78 is 13.1. The lowest BCUT2D eigenvalue weighted by atomic mass is 9.88. The van der Waals surface area contributed by atoms with Gasteiger partial charge in [-0.05, 0) is 37.2 Å². The summed E-state index contributed by atoms with van der Waals surface area (Å²) in [6.07, 6.45) is -0.976. The fraction of sp³-hybridized carbons (Fsp3) is 0.367. The highest BCUT2D eigenvalue weighted by molar-refractivity contribution is 6.08. The molecule has 3 N–H and O–H groups in total. The number of fused-ring (bicyclic) bond motifs is 1. The largest absolute Gasteiger partial charge is 0.375 e. The number of hydrogen-bond donors (Lipinski definition) is 3. The first kappa shape index (κ1) is 24.9. The lowest BCUT2D eigenvalue weighted by Crippen LogP contribution is -2.69. The van der Waals surface area contributed by atoms with Crippen molar-refractivity contribution in [2.45, 2.75) is 43.7 Å². The van der Waals surface area contributed by atoms with Crippen LogP contribution in [0.25, 0.3) is 22.3 Å². The molecular weight excluding hydrogens is 480 g/mol. The highest BCUT2D eigenvalue weighted by Crippen LogP contribution is 2.47. The van der Waals surface area contributed by atoms with Gasteiger partial charge in [-0.1, -0.05) is 48.5 Å². The second kappa shape index (κ2) is 9.10. The number of hydrogen-bond acceptors (Lipinski definition) is 7. The lowest BCUT2D eigenvalue weighted by Gasteiger charge is -2.54. The van der Waals surface area contributed by atoms with Gasteiger partial charge in [0.2, 0.25) is 0 Å². The molecule has 5 unspecified atom stereocenters. The Balaban J connectivity index is 1.70. The first-order chi connectivity index (χ1) is 18.3. The normalized spacial score (nSPS) is 28.0. The van der Waals surface area contributed by atoms with Crippen LogP contribution in [0.4, 0.5) is 11.4 Å². The van der Waals surface area contributed by atoms with E-state index in [-0.39, 0.29) is 24.3 Å². The van der Waals surface area contributed by atoms with Crippen molar-refractivity contribution in [3.8, 4) is 22.3 Å². The van der Waals surface area contributed by atoms with E-state index in [9.17, 15) is 9.90 Å². The average molecular weight is 515 g/mol. The van der Waals surface area contributed by atoms with E-state index in [1.807, 2.05) is 75.7 Å². The molecule has 1 saturated heterocycles. The molecule has 1 amide bonds. The van der Waals surface area contributed by atoms with Crippen LogP contribution in [-0.2, 0) is 9.47 Å². The molecule has 4 aliphatic heterocycles. The summed E-state index contributed by atoms with van der Waals surface area (Å²) in [6.45, 7) is 2.07. The predicted octanol–water partition coefficient (Wildman–Crippen LogP) is 3.71. The molecule has 1 fully saturated rings. The number of benzene rings is 3. The molecule has 38 heavy (non-hydrogen) atoms. The van der Waals surface area contributed by atoms with Crippen LogP contribution >= 0.6 is 0 Å². The molecular formula is C30H34N4O4. The van der Waals surface area contributed by atoms with Gasteiger partial charge in [0.1, 0.15) is 12.3 Å². The second-order valence-electron chi connectivity index (χ2n) is 10.4. The first-order valence-corrected chi connectivity index (χ1v) is 13.0. The number of anilines is 2. The molecule has 3 aromatic carbocycles. The fourth-order valence-corrected chi connectivity index (χ4v) is 6.54. The van der Waals surface area contributed by atoms with Gasteiger partial charge < -0.3 is 35.0 Å². The number of aliphatic hydroxyl groups excluding tert-OH is 1. The topological polar surface area (TPSA) is 86.3 Å². The number of aliphatic hydroxyl groups is 1. The van der Waals surface area contributed by atoms with Crippen LogP contribution < -0.4 is 20.4 Å². The molecule has 4 aliphatic rings. The summed E-state index contributed by atoms with van der Waals surface area (Å²) >= 11 is 0. The van der Waals surface area contributed by atoms with Gasteiger partial charge in [0.05, 0.1) is 5.56 Å². The van der Waals surface area contributed by atoms with Gasteiger partial charge in [0, 0.05) is 61.7 Å². The Labute approximate surface area is 223 Å². The molecule has 0 spiro atoms. The van der Waals surface area contributed by atoms with Crippen LogP contribution in [0.3, 0.4) is 0 Å². The summed E-state index contributed by atoms with van der Waals surface area (Å²) in [5, 5.41) is 17.3. The third kappa shape index (κ3) is 3.48. The maximum absolute atomic E-state index is 13.3. The minimum Gasteiger partial charge on any atom is -0.375 e. The summed E-state index contributed by atoms with van der Waals surface area (Å²) in [6, 6.07) is 20.1. The Morgan fingerprint density at radius 2 is 1.63 bits per heavy atom. The zero-order chi connectivity index (χ0) is 26.8. The van der Waals surface area contributed by atoms with Crippen molar-refractivity contribution in [1.29, 1.82) is 0 Å². The van der Waals surface area contributed by atoms with Crippen LogP contribution in [0, 0.1) is 0 Å². The highest BCUT2D eigenvalue weighted by Gasteiger charge is 2.51. The van der Waals surface area contributed by atoms with E-state index in [1.54, 1.807) is 7.11 Å². The molecule has 198 valence electrons. The van der Waals surface area contributed by atoms with Gasteiger partial charge in [0.15, 0.2) is 12.0 Å². The molecule has 5 atom stereocenters. The SMILES string of the molecule is CNC1CC2OC(C)(C1OC)N(C)c1ccccc1-c1ccc(c3c1C(O)NC3=O)-c1ccccc1N2C. The Bertz CT molecular complexity index is 1410. The maximum Gasteiger partial charge on any atom is 0.254 e. The Morgan fingerprint density at radius 1 is 1.00 bits per heavy atom. The van der Waals surface area contributed by atoms with Gasteiger partial charge in [0.25, 0.3) is 5.91 Å². The number of carbonyl (C=O) groups is 1. The standard InChI is InChI=1S/C30H34N4O4/c1-30-27(37-5)21(31-2)16-24(38-30)33(3)22-12-8-6-10-17(22)19-14-15-20(26-25(19)28(35)32-29(26)36)18-11-7-9-13-23(18)34(30)4/h6-15,21,24,27,29,31,36H,16H2,1-5H3,(H,32,35). The molecule has 4 heterocycles. The third-order valence-corrected chi connectivity index (χ3v) is 8.59. The zero-order valence-corrected chi connectivity index (χ0v) is 22.4. The summed E-state index contributed by atoms with van der Waals surface area (Å²) in [5.74, 6) is -0.279. The summed E-state index contributed by atoms with van der Waals surface area (Å²) in [4.78, 5) is 17.6. The first-order valence-electron chi connectivity index (χ1n) is 13.0. The molecule has 0 radical (unpaired) electrons. The molecule has 8 nitrogen and oxygen atoms in total. The van der Waals surface area contributed by atoms with Gasteiger partial charge in [-0.15, -0.1) is 0 Å². The minimum absolute atomic E-state index is 0.0176. The monoisotopic (exact) mass is 514 g/mol. The number of carbonyl (C=O) groups excluding carboxylic acids is 1. The molecule has 0 saturated carbocycles. The van der Waals surface area contributed by atoms with Crippen LogP contribution in [0.1, 0.15) is 35.5 Å². The van der Waals surface area contributed by atoms with Gasteiger partial charge in [-0.25, -0.2) is 0 Å². The third-order valence-electron chi connectivity index (χ3n) is 8.59. The Morgan fingerprint density at radius 3 is 2.32 bits per heavy atom. The van der Waals surface area contributed by atoms with E-state index in [0.717, 1.165) is 33.6 Å². The number of amides is 1. The van der Waals surface area contributed by atoms with Gasteiger partial charge in [-0.3, -0.25) is 4.79 Å². The molecule has 0 aromatic heterocycles. The number of nitrogens with one attached hydrogen (secondary N) is 2. The van der Waals surface area contributed by atoms with Crippen molar-refractivity contribution < 1.29 is 19.4 Å². The van der Waals surface area contributed by atoms with E-state index >= 15 is 0 Å². The van der Waals surface area contributed by atoms with Gasteiger partial charge in [-0.2, -0.15) is 0 Å². The van der Waals surface area contributed by atoms with E-state index in [2.05, 4.69) is 33.4 Å². The van der Waals surface area contributed by atoms with Crippen molar-refractivity contribution in [2.24, 2.45) is 0 Å². The fourth-order valence-electron chi connectivity index (χ4n) is 6.54. The molecule has 3 aromatic rings. The van der Waals surface area contributed by atoms with E-state index in [0.29, 0.717) is 17.5 Å². The lowest BCUT2D eigenvalue weighted by molar-refractivity contribution is -0.197. The van der Waals surface area contributed by atoms with Gasteiger partial charge >= 0.3 is 0 Å². The van der Waals surface area contributed by atoms with Crippen molar-refractivity contribution >= 4 is 17.3 Å². The van der Waals surface area contributed by atoms with E-state index < -0.39 is 12.0 Å². The zero-order valence-electron chi connectivity index (χ0n) is 22.4. The summed E-state index contributed by atoms with van der Waals surface area (Å²) in [5.41, 5.74) is 5.48. The quantitative estimate of drug-likeness (QED) is 0.481. The Kier molecular flexibility index (Phi) is 5.96. The summed E-state index contributed by atoms with van der Waals surface area (Å²) in [7, 11) is 7.73. The van der Waals surface area contributed by atoms with Crippen LogP contribution in [0.5, 0.6) is 0 Å². The smallest absolute Gasteiger partial charge is 0.254 e. The average Bonchev–Trinajstić information content (AvgIpc) is 3.24. The van der Waals surface area contributed by atoms with Crippen LogP contribution in [0.2, 0.25) is 0 Å². The number of methoxy groups -OCH3 is 1. The Hall–Kier alpha value is -3.43. The number of nitrogens with zero attached hydrogens (tertiary/aromatic N) is 2. The number of para-hydroxylation sites is 2. The minimum atomic E-state index is -1.10.